The quantitative estimate of drug-likeness (QED) is 0.564. The number of carbonyl (C=O) groups excluding carboxylic acids is 2. The summed E-state index contributed by atoms with van der Waals surface area (Å²) in [5.74, 6) is 2.69. The van der Waals surface area contributed by atoms with Crippen molar-refractivity contribution >= 4 is 23.4 Å². The monoisotopic (exact) mass is 468 g/mol. The minimum Gasteiger partial charge on any atom is -0.302 e. The van der Waals surface area contributed by atoms with Gasteiger partial charge < -0.3 is 4.90 Å². The highest BCUT2D eigenvalue weighted by molar-refractivity contribution is 6.30. The van der Waals surface area contributed by atoms with E-state index in [9.17, 15) is 9.59 Å². The maximum Gasteiger partial charge on any atom is 0.233 e. The first-order valence-corrected chi connectivity index (χ1v) is 13.7. The lowest BCUT2D eigenvalue weighted by Crippen LogP contribution is -2.43. The Hall–Kier alpha value is -1.39. The van der Waals surface area contributed by atoms with Gasteiger partial charge in [-0.05, 0) is 111 Å². The highest BCUT2D eigenvalue weighted by atomic mass is 35.5. The number of benzene rings is 1. The van der Waals surface area contributed by atoms with Crippen LogP contribution in [0, 0.1) is 29.6 Å². The Kier molecular flexibility index (Phi) is 5.81. The first-order chi connectivity index (χ1) is 16.0. The van der Waals surface area contributed by atoms with Crippen LogP contribution in [-0.2, 0) is 16.0 Å². The van der Waals surface area contributed by atoms with E-state index in [0.29, 0.717) is 17.8 Å². The van der Waals surface area contributed by atoms with Gasteiger partial charge in [0.1, 0.15) is 0 Å². The van der Waals surface area contributed by atoms with Gasteiger partial charge in [0.15, 0.2) is 0 Å². The summed E-state index contributed by atoms with van der Waals surface area (Å²) in [6.45, 7) is 5.70. The summed E-state index contributed by atoms with van der Waals surface area (Å²) in [6, 6.07) is 6.56. The van der Waals surface area contributed by atoms with Gasteiger partial charge in [-0.25, -0.2) is 0 Å². The standard InChI is InChI=1S/C28H37ClN2O2/c1-17-16-30(13-11-19-6-7-22(29)15-24(17)19)12-10-18-2-8-23(9-3-18)31-27(32)25-20-4-5-21(14-20)26(25)28(31)33/h6-7,15,17-18,20-21,23,25-26H,2-5,8-14,16H2,1H3/t17-,18?,20-,21+,23?,25-,26+/m0/s1. The van der Waals surface area contributed by atoms with Crippen LogP contribution in [0.4, 0.5) is 0 Å². The molecule has 2 bridgehead atoms. The van der Waals surface area contributed by atoms with Crippen molar-refractivity contribution in [3.05, 3.63) is 34.3 Å². The van der Waals surface area contributed by atoms with Crippen LogP contribution in [0.5, 0.6) is 0 Å². The number of fused-ring (bicyclic) bond motifs is 6. The van der Waals surface area contributed by atoms with Crippen LogP contribution in [0.25, 0.3) is 0 Å². The molecular weight excluding hydrogens is 432 g/mol. The van der Waals surface area contributed by atoms with E-state index in [2.05, 4.69) is 24.0 Å². The van der Waals surface area contributed by atoms with E-state index in [1.807, 2.05) is 6.07 Å². The summed E-state index contributed by atoms with van der Waals surface area (Å²) < 4.78 is 0. The van der Waals surface area contributed by atoms with Crippen molar-refractivity contribution < 1.29 is 9.59 Å². The second-order valence-electron chi connectivity index (χ2n) is 11.7. The molecule has 33 heavy (non-hydrogen) atoms. The Labute approximate surface area is 203 Å². The molecule has 6 rings (SSSR count). The molecule has 3 saturated carbocycles. The van der Waals surface area contributed by atoms with Gasteiger partial charge in [0.2, 0.25) is 11.8 Å². The Balaban J connectivity index is 1.01. The first-order valence-electron chi connectivity index (χ1n) is 13.4. The van der Waals surface area contributed by atoms with Crippen molar-refractivity contribution in [3.8, 4) is 0 Å². The summed E-state index contributed by atoms with van der Waals surface area (Å²) >= 11 is 6.26. The summed E-state index contributed by atoms with van der Waals surface area (Å²) in [5.41, 5.74) is 2.87. The van der Waals surface area contributed by atoms with E-state index in [0.717, 1.165) is 69.1 Å². The molecule has 5 aliphatic rings. The second-order valence-corrected chi connectivity index (χ2v) is 12.1. The van der Waals surface area contributed by atoms with Crippen LogP contribution in [0.1, 0.15) is 75.3 Å². The van der Waals surface area contributed by atoms with Gasteiger partial charge in [0.05, 0.1) is 11.8 Å². The third-order valence-corrected chi connectivity index (χ3v) is 10.1. The third kappa shape index (κ3) is 3.86. The van der Waals surface area contributed by atoms with Gasteiger partial charge >= 0.3 is 0 Å². The maximum absolute atomic E-state index is 13.2. The fourth-order valence-corrected chi connectivity index (χ4v) is 8.34. The molecule has 0 aromatic heterocycles. The van der Waals surface area contributed by atoms with Crippen LogP contribution in [0.2, 0.25) is 5.02 Å². The second kappa shape index (κ2) is 8.68. The van der Waals surface area contributed by atoms with Crippen molar-refractivity contribution in [1.29, 1.82) is 0 Å². The van der Waals surface area contributed by atoms with Gasteiger partial charge in [0.25, 0.3) is 0 Å². The molecule has 2 heterocycles. The molecule has 5 atom stereocenters. The van der Waals surface area contributed by atoms with Crippen molar-refractivity contribution in [3.63, 3.8) is 0 Å². The molecule has 5 heteroatoms. The summed E-state index contributed by atoms with van der Waals surface area (Å²) in [5, 5.41) is 0.844. The highest BCUT2D eigenvalue weighted by Gasteiger charge is 2.61. The maximum atomic E-state index is 13.2. The zero-order valence-electron chi connectivity index (χ0n) is 19.8. The SMILES string of the molecule is C[C@H]1CN(CCC2CCC(N3C(=O)[C@@H]4[C@@H]5CC[C@@H](C5)[C@@H]4C3=O)CC2)CCc2ccc(Cl)cc21. The molecule has 0 radical (unpaired) electrons. The van der Waals surface area contributed by atoms with Crippen molar-refractivity contribution in [2.24, 2.45) is 29.6 Å². The molecule has 1 aromatic rings. The molecule has 4 fully saturated rings. The zero-order chi connectivity index (χ0) is 22.7. The molecule has 1 saturated heterocycles. The zero-order valence-corrected chi connectivity index (χ0v) is 20.6. The average molecular weight is 469 g/mol. The number of nitrogens with zero attached hydrogens (tertiary/aromatic N) is 2. The van der Waals surface area contributed by atoms with Gasteiger partial charge in [-0.15, -0.1) is 0 Å². The number of rotatable bonds is 4. The molecule has 178 valence electrons. The van der Waals surface area contributed by atoms with Crippen molar-refractivity contribution in [2.45, 2.75) is 76.7 Å². The number of amides is 2. The van der Waals surface area contributed by atoms with Gasteiger partial charge in [-0.3, -0.25) is 14.5 Å². The van der Waals surface area contributed by atoms with Crippen molar-refractivity contribution in [2.75, 3.05) is 19.6 Å². The lowest BCUT2D eigenvalue weighted by Gasteiger charge is -2.35. The van der Waals surface area contributed by atoms with Gasteiger partial charge in [0, 0.05) is 24.2 Å². The Bertz CT molecular complexity index is 912. The number of carbonyl (C=O) groups is 2. The van der Waals surface area contributed by atoms with Gasteiger partial charge in [-0.2, -0.15) is 0 Å². The number of likely N-dealkylation sites (tertiary alicyclic amines) is 1. The molecule has 4 nitrogen and oxygen atoms in total. The van der Waals surface area contributed by atoms with E-state index in [-0.39, 0.29) is 29.7 Å². The molecule has 0 unspecified atom stereocenters. The summed E-state index contributed by atoms with van der Waals surface area (Å²) in [4.78, 5) is 30.7. The lowest BCUT2D eigenvalue weighted by molar-refractivity contribution is -0.144. The largest absolute Gasteiger partial charge is 0.302 e. The number of hydrogen-bond donors (Lipinski definition) is 0. The first kappa shape index (κ1) is 22.1. The topological polar surface area (TPSA) is 40.6 Å². The molecule has 0 spiro atoms. The predicted octanol–water partition coefficient (Wildman–Crippen LogP) is 5.28. The molecular formula is C28H37ClN2O2. The number of halogens is 1. The minimum atomic E-state index is 0.0398. The average Bonchev–Trinajstić information content (AvgIpc) is 3.47. The summed E-state index contributed by atoms with van der Waals surface area (Å²) in [6.07, 6.45) is 10.1. The predicted molar refractivity (Wildman–Crippen MR) is 130 cm³/mol. The molecule has 2 amide bonds. The molecule has 0 N–H and O–H groups in total. The lowest BCUT2D eigenvalue weighted by atomic mass is 9.81. The van der Waals surface area contributed by atoms with Crippen molar-refractivity contribution in [1.82, 2.24) is 9.80 Å². The highest BCUT2D eigenvalue weighted by Crippen LogP contribution is 2.56. The fraction of sp³-hybridized carbons (Fsp3) is 0.714. The Morgan fingerprint density at radius 3 is 2.36 bits per heavy atom. The molecule has 1 aromatic carbocycles. The van der Waals surface area contributed by atoms with Crippen LogP contribution in [-0.4, -0.2) is 47.3 Å². The number of imide groups is 1. The van der Waals surface area contributed by atoms with Crippen LogP contribution < -0.4 is 0 Å². The van der Waals surface area contributed by atoms with E-state index in [4.69, 9.17) is 11.6 Å². The molecule has 3 aliphatic carbocycles. The van der Waals surface area contributed by atoms with E-state index in [1.54, 1.807) is 4.90 Å². The van der Waals surface area contributed by atoms with Gasteiger partial charge in [-0.1, -0.05) is 24.6 Å². The number of hydrogen-bond acceptors (Lipinski definition) is 3. The van der Waals surface area contributed by atoms with Crippen LogP contribution >= 0.6 is 11.6 Å². The Morgan fingerprint density at radius 2 is 1.67 bits per heavy atom. The third-order valence-electron chi connectivity index (χ3n) is 9.86. The fourth-order valence-electron chi connectivity index (χ4n) is 8.16. The molecule has 2 aliphatic heterocycles. The normalized spacial score (nSPS) is 38.5. The minimum absolute atomic E-state index is 0.0398. The smallest absolute Gasteiger partial charge is 0.233 e. The summed E-state index contributed by atoms with van der Waals surface area (Å²) in [7, 11) is 0. The Morgan fingerprint density at radius 1 is 0.970 bits per heavy atom. The van der Waals surface area contributed by atoms with Crippen LogP contribution in [0.3, 0.4) is 0 Å². The van der Waals surface area contributed by atoms with E-state index >= 15 is 0 Å². The van der Waals surface area contributed by atoms with Crippen LogP contribution in [0.15, 0.2) is 18.2 Å². The van der Waals surface area contributed by atoms with E-state index < -0.39 is 0 Å². The van der Waals surface area contributed by atoms with E-state index in [1.165, 1.54) is 30.4 Å².